The van der Waals surface area contributed by atoms with E-state index in [9.17, 15) is 0 Å². The molecule has 7 aromatic carbocycles. The molecule has 0 aliphatic carbocycles. The van der Waals surface area contributed by atoms with Gasteiger partial charge in [-0.3, -0.25) is 0 Å². The van der Waals surface area contributed by atoms with Gasteiger partial charge < -0.3 is 4.74 Å². The maximum absolute atomic E-state index is 6.48. The molecule has 0 atom stereocenters. The molecule has 0 saturated heterocycles. The summed E-state index contributed by atoms with van der Waals surface area (Å²) in [6.07, 6.45) is 0. The molecule has 5 heteroatoms. The minimum Gasteiger partial charge on any atom is -0.454 e. The van der Waals surface area contributed by atoms with Gasteiger partial charge in [0.2, 0.25) is 0 Å². The lowest BCUT2D eigenvalue weighted by atomic mass is 9.93. The monoisotopic (exact) mass is 581 g/mol. The molecular weight excluding hydrogens is 559 g/mol. The van der Waals surface area contributed by atoms with E-state index in [1.165, 1.54) is 32.3 Å². The van der Waals surface area contributed by atoms with Gasteiger partial charge in [-0.25, -0.2) is 15.0 Å². The van der Waals surface area contributed by atoms with Gasteiger partial charge in [-0.2, -0.15) is 0 Å². The Labute approximate surface area is 258 Å². The molecule has 2 heterocycles. The van der Waals surface area contributed by atoms with Crippen LogP contribution in [-0.4, -0.2) is 15.0 Å². The zero-order valence-corrected chi connectivity index (χ0v) is 24.3. The molecule has 1 aromatic heterocycles. The van der Waals surface area contributed by atoms with Crippen LogP contribution in [0.25, 0.3) is 66.5 Å². The first-order valence-corrected chi connectivity index (χ1v) is 15.3. The third-order valence-corrected chi connectivity index (χ3v) is 9.27. The summed E-state index contributed by atoms with van der Waals surface area (Å²) in [5.41, 5.74) is 2.70. The number of rotatable bonds is 3. The van der Waals surface area contributed by atoms with E-state index in [4.69, 9.17) is 19.7 Å². The molecule has 0 bridgehead atoms. The van der Waals surface area contributed by atoms with Crippen LogP contribution in [-0.2, 0) is 0 Å². The van der Waals surface area contributed by atoms with E-state index in [0.717, 1.165) is 38.0 Å². The van der Waals surface area contributed by atoms with E-state index in [0.29, 0.717) is 17.5 Å². The van der Waals surface area contributed by atoms with Crippen molar-refractivity contribution in [3.8, 4) is 45.7 Å². The fourth-order valence-electron chi connectivity index (χ4n) is 6.11. The van der Waals surface area contributed by atoms with Gasteiger partial charge in [-0.05, 0) is 62.6 Å². The molecule has 1 aliphatic rings. The lowest BCUT2D eigenvalue weighted by molar-refractivity contribution is 0.456. The molecule has 0 saturated carbocycles. The van der Waals surface area contributed by atoms with Crippen molar-refractivity contribution in [3.63, 3.8) is 0 Å². The second-order valence-electron chi connectivity index (χ2n) is 10.8. The molecule has 1 aliphatic heterocycles. The largest absolute Gasteiger partial charge is 0.454 e. The lowest BCUT2D eigenvalue weighted by Gasteiger charge is -2.21. The number of para-hydroxylation sites is 2. The Hall–Kier alpha value is -5.52. The number of hydrogen-bond donors (Lipinski definition) is 0. The van der Waals surface area contributed by atoms with Gasteiger partial charge in [0.25, 0.3) is 0 Å². The topological polar surface area (TPSA) is 47.9 Å². The summed E-state index contributed by atoms with van der Waals surface area (Å²) in [6.45, 7) is 0. The van der Waals surface area contributed by atoms with Crippen molar-refractivity contribution in [1.29, 1.82) is 0 Å². The van der Waals surface area contributed by atoms with E-state index >= 15 is 0 Å². The molecule has 0 amide bonds. The van der Waals surface area contributed by atoms with Crippen LogP contribution in [0.1, 0.15) is 0 Å². The van der Waals surface area contributed by atoms with Crippen molar-refractivity contribution in [2.75, 3.05) is 0 Å². The highest BCUT2D eigenvalue weighted by molar-refractivity contribution is 7.99. The Morgan fingerprint density at radius 2 is 0.977 bits per heavy atom. The van der Waals surface area contributed by atoms with Gasteiger partial charge in [0.1, 0.15) is 5.75 Å². The van der Waals surface area contributed by atoms with Crippen LogP contribution in [0.15, 0.2) is 149 Å². The lowest BCUT2D eigenvalue weighted by Crippen LogP contribution is -2.03. The fraction of sp³-hybridized carbons (Fsp3) is 0. The molecule has 8 aromatic rings. The van der Waals surface area contributed by atoms with Gasteiger partial charge in [0.15, 0.2) is 23.2 Å². The second-order valence-corrected chi connectivity index (χ2v) is 11.9. The molecule has 4 nitrogen and oxygen atoms in total. The van der Waals surface area contributed by atoms with Gasteiger partial charge in [-0.1, -0.05) is 121 Å². The smallest absolute Gasteiger partial charge is 0.167 e. The first kappa shape index (κ1) is 25.0. The molecule has 0 spiro atoms. The normalized spacial score (nSPS) is 12.2. The molecule has 206 valence electrons. The zero-order valence-electron chi connectivity index (χ0n) is 23.4. The standard InChI is InChI=1S/C39H23N3OS/c1-2-11-24(12-3-1)37-40-38(42-39(41-37)31-17-10-20-35-36(31)43-33-18-8-9-19-34(33)44-35)25-21-22-30-28-15-5-4-13-26(28)27-14-6-7-16-29(27)32(30)23-25/h1-23H. The predicted octanol–water partition coefficient (Wildman–Crippen LogP) is 10.6. The summed E-state index contributed by atoms with van der Waals surface area (Å²) in [7, 11) is 0. The average molecular weight is 582 g/mol. The summed E-state index contributed by atoms with van der Waals surface area (Å²) >= 11 is 1.70. The third kappa shape index (κ3) is 4.05. The van der Waals surface area contributed by atoms with E-state index in [-0.39, 0.29) is 0 Å². The Kier molecular flexibility index (Phi) is 5.71. The molecule has 9 rings (SSSR count). The third-order valence-electron chi connectivity index (χ3n) is 8.17. The van der Waals surface area contributed by atoms with E-state index in [2.05, 4.69) is 78.9 Å². The van der Waals surface area contributed by atoms with Gasteiger partial charge in [-0.15, -0.1) is 0 Å². The SMILES string of the molecule is c1ccc(-c2nc(-c3ccc4c5ccccc5c5ccccc5c4c3)nc(-c3cccc4c3Oc3ccccc3S4)n2)cc1. The van der Waals surface area contributed by atoms with Crippen molar-refractivity contribution < 1.29 is 4.74 Å². The van der Waals surface area contributed by atoms with Crippen LogP contribution in [0.5, 0.6) is 11.5 Å². The number of benzene rings is 7. The number of ether oxygens (including phenoxy) is 1. The van der Waals surface area contributed by atoms with Crippen molar-refractivity contribution >= 4 is 44.1 Å². The Balaban J connectivity index is 1.27. The van der Waals surface area contributed by atoms with Gasteiger partial charge in [0.05, 0.1) is 15.4 Å². The maximum atomic E-state index is 6.48. The number of hydrogen-bond acceptors (Lipinski definition) is 5. The molecule has 0 radical (unpaired) electrons. The minimum atomic E-state index is 0.578. The molecule has 44 heavy (non-hydrogen) atoms. The van der Waals surface area contributed by atoms with Crippen molar-refractivity contribution in [3.05, 3.63) is 140 Å². The van der Waals surface area contributed by atoms with E-state index < -0.39 is 0 Å². The summed E-state index contributed by atoms with van der Waals surface area (Å²) in [6, 6.07) is 48.1. The van der Waals surface area contributed by atoms with Gasteiger partial charge >= 0.3 is 0 Å². The zero-order chi connectivity index (χ0) is 29.0. The highest BCUT2D eigenvalue weighted by Gasteiger charge is 2.23. The number of aromatic nitrogens is 3. The minimum absolute atomic E-state index is 0.578. The van der Waals surface area contributed by atoms with Crippen LogP contribution < -0.4 is 4.74 Å². The highest BCUT2D eigenvalue weighted by Crippen LogP contribution is 2.50. The van der Waals surface area contributed by atoms with E-state index in [1.54, 1.807) is 11.8 Å². The predicted molar refractivity (Wildman–Crippen MR) is 179 cm³/mol. The number of fused-ring (bicyclic) bond motifs is 8. The Morgan fingerprint density at radius 1 is 0.409 bits per heavy atom. The van der Waals surface area contributed by atoms with Crippen LogP contribution >= 0.6 is 11.8 Å². The average Bonchev–Trinajstić information content (AvgIpc) is 3.10. The summed E-state index contributed by atoms with van der Waals surface area (Å²) in [5.74, 6) is 3.42. The molecule has 0 fully saturated rings. The molecule has 0 N–H and O–H groups in total. The second kappa shape index (κ2) is 10.0. The van der Waals surface area contributed by atoms with Gasteiger partial charge in [0, 0.05) is 11.1 Å². The number of nitrogens with zero attached hydrogens (tertiary/aromatic N) is 3. The van der Waals surface area contributed by atoms with Crippen LogP contribution in [0.3, 0.4) is 0 Å². The van der Waals surface area contributed by atoms with Crippen LogP contribution in [0, 0.1) is 0 Å². The first-order chi connectivity index (χ1) is 21.8. The summed E-state index contributed by atoms with van der Waals surface area (Å²) < 4.78 is 6.48. The quantitative estimate of drug-likeness (QED) is 0.194. The Morgan fingerprint density at radius 3 is 1.73 bits per heavy atom. The van der Waals surface area contributed by atoms with Crippen LogP contribution in [0.2, 0.25) is 0 Å². The highest BCUT2D eigenvalue weighted by atomic mass is 32.2. The fourth-order valence-corrected chi connectivity index (χ4v) is 7.10. The van der Waals surface area contributed by atoms with Crippen molar-refractivity contribution in [1.82, 2.24) is 15.0 Å². The van der Waals surface area contributed by atoms with E-state index in [1.807, 2.05) is 60.7 Å². The molecular formula is C39H23N3OS. The van der Waals surface area contributed by atoms with Crippen molar-refractivity contribution in [2.45, 2.75) is 9.79 Å². The Bertz CT molecular complexity index is 2370. The summed E-state index contributed by atoms with van der Waals surface area (Å²) in [5, 5.41) is 7.32. The maximum Gasteiger partial charge on any atom is 0.167 e. The van der Waals surface area contributed by atoms with Crippen LogP contribution in [0.4, 0.5) is 0 Å². The van der Waals surface area contributed by atoms with Crippen molar-refractivity contribution in [2.24, 2.45) is 0 Å². The summed E-state index contributed by atoms with van der Waals surface area (Å²) in [4.78, 5) is 17.3. The first-order valence-electron chi connectivity index (χ1n) is 14.5. The molecule has 0 unspecified atom stereocenters.